The number of anilines is 1. The minimum Gasteiger partial charge on any atom is -0.506 e. The van der Waals surface area contributed by atoms with E-state index in [0.29, 0.717) is 0 Å². The van der Waals surface area contributed by atoms with E-state index in [2.05, 4.69) is 22.8 Å². The third kappa shape index (κ3) is 5.59. The summed E-state index contributed by atoms with van der Waals surface area (Å²) in [6.45, 7) is 0.0353. The van der Waals surface area contributed by atoms with Crippen LogP contribution in [0.3, 0.4) is 0 Å². The number of carboxylic acid groups (broad SMARTS) is 1. The molecule has 35 heavy (non-hydrogen) atoms. The van der Waals surface area contributed by atoms with Gasteiger partial charge in [-0.2, -0.15) is 0 Å². The first kappa shape index (κ1) is 23.8. The molecule has 0 bridgehead atoms. The molecule has 2 amide bonds. The quantitative estimate of drug-likeness (QED) is 0.274. The van der Waals surface area contributed by atoms with Crippen LogP contribution in [0.5, 0.6) is 5.75 Å². The standard InChI is InChI=1S/C26H24N2O7/c29-23-10-9-16(25(31)32)13-22(23)28-24(30)15-34-12-11-27-26(33)35-14-21-19-7-3-1-5-17(19)18-6-2-4-8-20(18)21/h1-10,13,21,29H,11-12,14-15H2,(H,27,33)(H,28,30)(H,31,32). The Morgan fingerprint density at radius 3 is 2.23 bits per heavy atom. The van der Waals surface area contributed by atoms with Gasteiger partial charge in [0.05, 0.1) is 17.9 Å². The molecule has 9 heteroatoms. The predicted molar refractivity (Wildman–Crippen MR) is 128 cm³/mol. The van der Waals surface area contributed by atoms with E-state index in [0.717, 1.165) is 28.3 Å². The summed E-state index contributed by atoms with van der Waals surface area (Å²) in [7, 11) is 0. The number of amides is 2. The monoisotopic (exact) mass is 476 g/mol. The highest BCUT2D eigenvalue weighted by Crippen LogP contribution is 2.44. The molecule has 0 saturated carbocycles. The molecule has 4 N–H and O–H groups in total. The Morgan fingerprint density at radius 1 is 0.914 bits per heavy atom. The highest BCUT2D eigenvalue weighted by atomic mass is 16.5. The van der Waals surface area contributed by atoms with Crippen LogP contribution in [-0.4, -0.2) is 54.5 Å². The minimum atomic E-state index is -1.18. The number of phenolic OH excluding ortho intramolecular Hbond substituents is 1. The van der Waals surface area contributed by atoms with E-state index >= 15 is 0 Å². The van der Waals surface area contributed by atoms with Crippen LogP contribution in [0, 0.1) is 0 Å². The lowest BCUT2D eigenvalue weighted by atomic mass is 9.98. The van der Waals surface area contributed by atoms with Crippen molar-refractivity contribution in [3.63, 3.8) is 0 Å². The molecule has 0 unspecified atom stereocenters. The van der Waals surface area contributed by atoms with Crippen LogP contribution < -0.4 is 10.6 Å². The fourth-order valence-electron chi connectivity index (χ4n) is 4.00. The first-order valence-corrected chi connectivity index (χ1v) is 11.0. The first-order valence-electron chi connectivity index (χ1n) is 11.0. The van der Waals surface area contributed by atoms with Gasteiger partial charge in [-0.3, -0.25) is 4.79 Å². The van der Waals surface area contributed by atoms with Crippen molar-refractivity contribution in [2.45, 2.75) is 5.92 Å². The van der Waals surface area contributed by atoms with Gasteiger partial charge in [-0.15, -0.1) is 0 Å². The molecular formula is C26H24N2O7. The summed E-state index contributed by atoms with van der Waals surface area (Å²) in [6.07, 6.45) is -0.588. The van der Waals surface area contributed by atoms with Crippen molar-refractivity contribution < 1.29 is 34.1 Å². The summed E-state index contributed by atoms with van der Waals surface area (Å²) in [6, 6.07) is 19.7. The maximum absolute atomic E-state index is 12.1. The van der Waals surface area contributed by atoms with Crippen molar-refractivity contribution in [2.24, 2.45) is 0 Å². The van der Waals surface area contributed by atoms with Gasteiger partial charge < -0.3 is 30.3 Å². The minimum absolute atomic E-state index is 0.0322. The highest BCUT2D eigenvalue weighted by molar-refractivity contribution is 5.96. The van der Waals surface area contributed by atoms with Crippen LogP contribution in [0.15, 0.2) is 66.7 Å². The van der Waals surface area contributed by atoms with Crippen LogP contribution in [0.4, 0.5) is 10.5 Å². The Balaban J connectivity index is 1.18. The lowest BCUT2D eigenvalue weighted by Crippen LogP contribution is -2.30. The largest absolute Gasteiger partial charge is 0.506 e. The second-order valence-corrected chi connectivity index (χ2v) is 7.89. The van der Waals surface area contributed by atoms with Gasteiger partial charge in [-0.05, 0) is 40.5 Å². The van der Waals surface area contributed by atoms with Gasteiger partial charge in [0.1, 0.15) is 19.0 Å². The van der Waals surface area contributed by atoms with Crippen molar-refractivity contribution in [1.82, 2.24) is 5.32 Å². The summed E-state index contributed by atoms with van der Waals surface area (Å²) in [4.78, 5) is 35.1. The number of hydrogen-bond acceptors (Lipinski definition) is 6. The number of fused-ring (bicyclic) bond motifs is 3. The smallest absolute Gasteiger partial charge is 0.407 e. The molecule has 3 aromatic carbocycles. The molecule has 9 nitrogen and oxygen atoms in total. The maximum Gasteiger partial charge on any atom is 0.407 e. The molecule has 1 aliphatic carbocycles. The zero-order valence-corrected chi connectivity index (χ0v) is 18.7. The number of ether oxygens (including phenoxy) is 2. The van der Waals surface area contributed by atoms with E-state index in [1.165, 1.54) is 12.1 Å². The molecule has 0 heterocycles. The van der Waals surface area contributed by atoms with Crippen molar-refractivity contribution in [3.8, 4) is 16.9 Å². The Bertz CT molecular complexity index is 1210. The molecule has 1 aliphatic rings. The van der Waals surface area contributed by atoms with Crippen molar-refractivity contribution in [2.75, 3.05) is 31.7 Å². The molecular weight excluding hydrogens is 452 g/mol. The third-order valence-electron chi connectivity index (χ3n) is 5.61. The second kappa shape index (κ2) is 10.7. The molecule has 0 aliphatic heterocycles. The van der Waals surface area contributed by atoms with Crippen molar-refractivity contribution in [3.05, 3.63) is 83.4 Å². The summed E-state index contributed by atoms with van der Waals surface area (Å²) in [5.41, 5.74) is 4.42. The van der Waals surface area contributed by atoms with Crippen molar-refractivity contribution in [1.29, 1.82) is 0 Å². The topological polar surface area (TPSA) is 134 Å². The average Bonchev–Trinajstić information content (AvgIpc) is 3.17. The number of alkyl carbamates (subject to hydrolysis) is 1. The summed E-state index contributed by atoms with van der Waals surface area (Å²) in [5.74, 6) is -2.07. The van der Waals surface area contributed by atoms with Gasteiger partial charge in [-0.1, -0.05) is 48.5 Å². The fourth-order valence-corrected chi connectivity index (χ4v) is 4.00. The Kier molecular flexibility index (Phi) is 7.27. The Hall–Kier alpha value is -4.37. The molecule has 0 fully saturated rings. The number of rotatable bonds is 9. The number of carbonyl (C=O) groups excluding carboxylic acids is 2. The normalized spacial score (nSPS) is 11.9. The van der Waals surface area contributed by atoms with E-state index in [1.807, 2.05) is 36.4 Å². The first-order chi connectivity index (χ1) is 16.9. The number of carbonyl (C=O) groups is 3. The molecule has 0 aromatic heterocycles. The molecule has 0 spiro atoms. The predicted octanol–water partition coefficient (Wildman–Crippen LogP) is 3.58. The van der Waals surface area contributed by atoms with Crippen LogP contribution in [-0.2, 0) is 14.3 Å². The van der Waals surface area contributed by atoms with E-state index in [1.54, 1.807) is 0 Å². The third-order valence-corrected chi connectivity index (χ3v) is 5.61. The van der Waals surface area contributed by atoms with Crippen LogP contribution in [0.25, 0.3) is 11.1 Å². The molecule has 4 rings (SSSR count). The second-order valence-electron chi connectivity index (χ2n) is 7.89. The number of phenols is 1. The maximum atomic E-state index is 12.1. The number of aromatic carboxylic acids is 1. The van der Waals surface area contributed by atoms with Crippen LogP contribution in [0.2, 0.25) is 0 Å². The lowest BCUT2D eigenvalue weighted by molar-refractivity contribution is -0.120. The Labute approximate surface area is 201 Å². The zero-order valence-electron chi connectivity index (χ0n) is 18.7. The highest BCUT2D eigenvalue weighted by Gasteiger charge is 2.28. The number of nitrogens with one attached hydrogen (secondary N) is 2. The summed E-state index contributed by atoms with van der Waals surface area (Å²) in [5, 5.41) is 23.7. The van der Waals surface area contributed by atoms with Gasteiger partial charge in [0.15, 0.2) is 0 Å². The molecule has 0 radical (unpaired) electrons. The van der Waals surface area contributed by atoms with Crippen LogP contribution in [0.1, 0.15) is 27.4 Å². The van der Waals surface area contributed by atoms with E-state index in [-0.39, 0.29) is 49.3 Å². The number of carboxylic acids is 1. The van der Waals surface area contributed by atoms with Crippen LogP contribution >= 0.6 is 0 Å². The van der Waals surface area contributed by atoms with Crippen molar-refractivity contribution >= 4 is 23.7 Å². The average molecular weight is 476 g/mol. The van der Waals surface area contributed by atoms with Gasteiger partial charge in [0.25, 0.3) is 0 Å². The SMILES string of the molecule is O=C(COCCNC(=O)OCC1c2ccccc2-c2ccccc21)Nc1cc(C(=O)O)ccc1O. The summed E-state index contributed by atoms with van der Waals surface area (Å²) >= 11 is 0. The molecule has 180 valence electrons. The van der Waals surface area contributed by atoms with Gasteiger partial charge in [0, 0.05) is 12.5 Å². The summed E-state index contributed by atoms with van der Waals surface area (Å²) < 4.78 is 10.7. The van der Waals surface area contributed by atoms with E-state index in [9.17, 15) is 19.5 Å². The Morgan fingerprint density at radius 2 is 1.57 bits per heavy atom. The van der Waals surface area contributed by atoms with Gasteiger partial charge >= 0.3 is 12.1 Å². The van der Waals surface area contributed by atoms with E-state index in [4.69, 9.17) is 14.6 Å². The number of aromatic hydroxyl groups is 1. The molecule has 3 aromatic rings. The van der Waals surface area contributed by atoms with E-state index < -0.39 is 18.0 Å². The lowest BCUT2D eigenvalue weighted by Gasteiger charge is -2.14. The van der Waals surface area contributed by atoms with Gasteiger partial charge in [0.2, 0.25) is 5.91 Å². The number of hydrogen-bond donors (Lipinski definition) is 4. The molecule has 0 saturated heterocycles. The number of benzene rings is 3. The fraction of sp³-hybridized carbons (Fsp3) is 0.192. The molecule has 0 atom stereocenters. The zero-order chi connectivity index (χ0) is 24.8. The van der Waals surface area contributed by atoms with Gasteiger partial charge in [-0.25, -0.2) is 9.59 Å².